The number of nitro groups is 1. The molecule has 0 bridgehead atoms. The Kier molecular flexibility index (Phi) is 4.16. The number of pyridine rings is 1. The summed E-state index contributed by atoms with van der Waals surface area (Å²) in [5, 5.41) is 20.0. The van der Waals surface area contributed by atoms with E-state index < -0.39 is 4.92 Å². The maximum atomic E-state index is 11.0. The van der Waals surface area contributed by atoms with E-state index in [9.17, 15) is 10.1 Å². The van der Waals surface area contributed by atoms with Gasteiger partial charge in [-0.3, -0.25) is 10.1 Å². The zero-order valence-corrected chi connectivity index (χ0v) is 10.7. The SMILES string of the molecule is Nc1ccc([N+](=O)[O-])c(N2CCCC(CCO)C2)n1. The molecule has 0 aromatic carbocycles. The number of nitrogen functional groups attached to an aromatic ring is 1. The average Bonchev–Trinajstić information content (AvgIpc) is 2.39. The van der Waals surface area contributed by atoms with E-state index in [4.69, 9.17) is 10.8 Å². The third-order valence-corrected chi connectivity index (χ3v) is 3.43. The van der Waals surface area contributed by atoms with Crippen molar-refractivity contribution in [2.45, 2.75) is 19.3 Å². The predicted molar refractivity (Wildman–Crippen MR) is 71.9 cm³/mol. The Morgan fingerprint density at radius 1 is 1.58 bits per heavy atom. The summed E-state index contributed by atoms with van der Waals surface area (Å²) >= 11 is 0. The fraction of sp³-hybridized carbons (Fsp3) is 0.583. The molecule has 1 aliphatic rings. The molecule has 1 unspecified atom stereocenters. The van der Waals surface area contributed by atoms with E-state index in [0.717, 1.165) is 19.4 Å². The van der Waals surface area contributed by atoms with Crippen LogP contribution < -0.4 is 10.6 Å². The van der Waals surface area contributed by atoms with E-state index in [0.29, 0.717) is 24.7 Å². The first-order valence-corrected chi connectivity index (χ1v) is 6.38. The molecule has 0 spiro atoms. The van der Waals surface area contributed by atoms with Crippen LogP contribution in [0.25, 0.3) is 0 Å². The van der Waals surface area contributed by atoms with Crippen molar-refractivity contribution in [3.8, 4) is 0 Å². The maximum absolute atomic E-state index is 11.0. The lowest BCUT2D eigenvalue weighted by Gasteiger charge is -2.33. The molecule has 1 saturated heterocycles. The van der Waals surface area contributed by atoms with Gasteiger partial charge in [0.2, 0.25) is 5.82 Å². The van der Waals surface area contributed by atoms with E-state index in [1.54, 1.807) is 0 Å². The molecule has 3 N–H and O–H groups in total. The van der Waals surface area contributed by atoms with Crippen LogP contribution in [0.4, 0.5) is 17.3 Å². The summed E-state index contributed by atoms with van der Waals surface area (Å²) in [6.07, 6.45) is 2.69. The third kappa shape index (κ3) is 3.11. The van der Waals surface area contributed by atoms with Crippen LogP contribution in [0.1, 0.15) is 19.3 Å². The van der Waals surface area contributed by atoms with Gasteiger partial charge in [-0.15, -0.1) is 0 Å². The van der Waals surface area contributed by atoms with Gasteiger partial charge >= 0.3 is 5.69 Å². The third-order valence-electron chi connectivity index (χ3n) is 3.43. The lowest BCUT2D eigenvalue weighted by Crippen LogP contribution is -2.36. The Balaban J connectivity index is 2.24. The van der Waals surface area contributed by atoms with Crippen molar-refractivity contribution < 1.29 is 10.0 Å². The number of piperidine rings is 1. The molecule has 19 heavy (non-hydrogen) atoms. The molecule has 1 aliphatic heterocycles. The minimum atomic E-state index is -0.433. The summed E-state index contributed by atoms with van der Waals surface area (Å²) in [5.74, 6) is 0.971. The predicted octanol–water partition coefficient (Wildman–Crippen LogP) is 1.17. The highest BCUT2D eigenvalue weighted by molar-refractivity contribution is 5.61. The van der Waals surface area contributed by atoms with E-state index in [2.05, 4.69) is 4.98 Å². The number of nitrogens with two attached hydrogens (primary N) is 1. The van der Waals surface area contributed by atoms with Crippen LogP contribution in [0, 0.1) is 16.0 Å². The van der Waals surface area contributed by atoms with Crippen LogP contribution in [-0.4, -0.2) is 34.7 Å². The number of aromatic nitrogens is 1. The molecule has 0 amide bonds. The summed E-state index contributed by atoms with van der Waals surface area (Å²) in [7, 11) is 0. The van der Waals surface area contributed by atoms with Gasteiger partial charge in [0, 0.05) is 25.8 Å². The van der Waals surface area contributed by atoms with E-state index >= 15 is 0 Å². The van der Waals surface area contributed by atoms with Gasteiger partial charge in [0.25, 0.3) is 0 Å². The van der Waals surface area contributed by atoms with Crippen LogP contribution >= 0.6 is 0 Å². The molecule has 0 saturated carbocycles. The fourth-order valence-corrected chi connectivity index (χ4v) is 2.51. The van der Waals surface area contributed by atoms with Crippen molar-refractivity contribution in [1.29, 1.82) is 0 Å². The van der Waals surface area contributed by atoms with Crippen molar-refractivity contribution in [1.82, 2.24) is 4.98 Å². The van der Waals surface area contributed by atoms with Gasteiger partial charge < -0.3 is 15.7 Å². The monoisotopic (exact) mass is 266 g/mol. The van der Waals surface area contributed by atoms with Crippen molar-refractivity contribution >= 4 is 17.3 Å². The Bertz CT molecular complexity index is 464. The number of aliphatic hydroxyl groups excluding tert-OH is 1. The summed E-state index contributed by atoms with van der Waals surface area (Å²) < 4.78 is 0. The number of hydrogen-bond acceptors (Lipinski definition) is 6. The molecule has 2 rings (SSSR count). The van der Waals surface area contributed by atoms with Gasteiger partial charge in [-0.05, 0) is 31.2 Å². The molecule has 1 aromatic heterocycles. The number of nitrogens with zero attached hydrogens (tertiary/aromatic N) is 3. The lowest BCUT2D eigenvalue weighted by atomic mass is 9.95. The minimum Gasteiger partial charge on any atom is -0.396 e. The largest absolute Gasteiger partial charge is 0.396 e. The van der Waals surface area contributed by atoms with Gasteiger partial charge in [-0.1, -0.05) is 0 Å². The Morgan fingerprint density at radius 2 is 2.37 bits per heavy atom. The number of aliphatic hydroxyl groups is 1. The zero-order chi connectivity index (χ0) is 13.8. The number of anilines is 2. The van der Waals surface area contributed by atoms with E-state index in [-0.39, 0.29) is 18.1 Å². The first kappa shape index (κ1) is 13.5. The van der Waals surface area contributed by atoms with Crippen LogP contribution in [-0.2, 0) is 0 Å². The van der Waals surface area contributed by atoms with E-state index in [1.807, 2.05) is 4.90 Å². The van der Waals surface area contributed by atoms with Gasteiger partial charge in [-0.25, -0.2) is 4.98 Å². The van der Waals surface area contributed by atoms with Gasteiger partial charge in [0.15, 0.2) is 0 Å². The van der Waals surface area contributed by atoms with Crippen molar-refractivity contribution in [3.05, 3.63) is 22.2 Å². The smallest absolute Gasteiger partial charge is 0.311 e. The molecular weight excluding hydrogens is 248 g/mol. The molecule has 1 atom stereocenters. The standard InChI is InChI=1S/C12H18N4O3/c13-11-4-3-10(16(18)19)12(14-11)15-6-1-2-9(8-15)5-7-17/h3-4,9,17H,1-2,5-8H2,(H2,13,14). The Morgan fingerprint density at radius 3 is 3.05 bits per heavy atom. The summed E-state index contributed by atoms with van der Waals surface area (Å²) in [5.41, 5.74) is 5.61. The molecule has 1 aromatic rings. The average molecular weight is 266 g/mol. The summed E-state index contributed by atoms with van der Waals surface area (Å²) in [4.78, 5) is 16.6. The zero-order valence-electron chi connectivity index (χ0n) is 10.7. The lowest BCUT2D eigenvalue weighted by molar-refractivity contribution is -0.384. The molecule has 0 radical (unpaired) electrons. The van der Waals surface area contributed by atoms with Gasteiger partial charge in [-0.2, -0.15) is 0 Å². The molecule has 0 aliphatic carbocycles. The minimum absolute atomic E-state index is 0.0150. The van der Waals surface area contributed by atoms with Gasteiger partial charge in [0.1, 0.15) is 5.82 Å². The number of rotatable bonds is 4. The Labute approximate surface area is 111 Å². The van der Waals surface area contributed by atoms with Crippen LogP contribution in [0.3, 0.4) is 0 Å². The molecule has 1 fully saturated rings. The second-order valence-corrected chi connectivity index (χ2v) is 4.80. The molecular formula is C12H18N4O3. The maximum Gasteiger partial charge on any atom is 0.311 e. The van der Waals surface area contributed by atoms with Crippen molar-refractivity contribution in [3.63, 3.8) is 0 Å². The molecule has 104 valence electrons. The highest BCUT2D eigenvalue weighted by Crippen LogP contribution is 2.31. The Hall–Kier alpha value is -1.89. The van der Waals surface area contributed by atoms with Crippen LogP contribution in [0.2, 0.25) is 0 Å². The van der Waals surface area contributed by atoms with Crippen molar-refractivity contribution in [2.75, 3.05) is 30.3 Å². The van der Waals surface area contributed by atoms with E-state index in [1.165, 1.54) is 12.1 Å². The topological polar surface area (TPSA) is 106 Å². The van der Waals surface area contributed by atoms with Crippen LogP contribution in [0.15, 0.2) is 12.1 Å². The van der Waals surface area contributed by atoms with Crippen molar-refractivity contribution in [2.24, 2.45) is 5.92 Å². The molecule has 7 nitrogen and oxygen atoms in total. The summed E-state index contributed by atoms with van der Waals surface area (Å²) in [6.45, 7) is 1.56. The normalized spacial score (nSPS) is 19.4. The highest BCUT2D eigenvalue weighted by atomic mass is 16.6. The quantitative estimate of drug-likeness (QED) is 0.626. The second-order valence-electron chi connectivity index (χ2n) is 4.80. The second kappa shape index (κ2) is 5.83. The first-order chi connectivity index (χ1) is 9.11. The van der Waals surface area contributed by atoms with Gasteiger partial charge in [0.05, 0.1) is 4.92 Å². The fourth-order valence-electron chi connectivity index (χ4n) is 2.51. The number of hydrogen-bond donors (Lipinski definition) is 2. The molecule has 7 heteroatoms. The highest BCUT2D eigenvalue weighted by Gasteiger charge is 2.26. The molecule has 2 heterocycles. The van der Waals surface area contributed by atoms with Crippen LogP contribution in [0.5, 0.6) is 0 Å². The first-order valence-electron chi connectivity index (χ1n) is 6.38. The summed E-state index contributed by atoms with van der Waals surface area (Å²) in [6, 6.07) is 2.84.